The first-order valence-corrected chi connectivity index (χ1v) is 10.5. The average Bonchev–Trinajstić information content (AvgIpc) is 3.14. The number of Topliss-reactive ketones (excluding diaryl/α,β-unsaturated/α-hetero) is 1. The number of carbonyl (C=O) groups is 2. The third kappa shape index (κ3) is 3.65. The molecule has 0 amide bonds. The Kier molecular flexibility index (Phi) is 5.21. The Hall–Kier alpha value is -2.99. The van der Waals surface area contributed by atoms with Gasteiger partial charge in [-0.05, 0) is 34.7 Å². The van der Waals surface area contributed by atoms with Crippen molar-refractivity contribution in [1.29, 1.82) is 0 Å². The highest BCUT2D eigenvalue weighted by Crippen LogP contribution is 2.53. The van der Waals surface area contributed by atoms with E-state index in [2.05, 4.69) is 37.8 Å². The molecule has 1 heterocycles. The number of aromatic nitrogens is 1. The summed E-state index contributed by atoms with van der Waals surface area (Å²) in [5.74, 6) is -0.496. The third-order valence-corrected chi connectivity index (χ3v) is 6.05. The van der Waals surface area contributed by atoms with Crippen molar-refractivity contribution in [1.82, 2.24) is 10.5 Å². The van der Waals surface area contributed by atoms with E-state index in [1.54, 1.807) is 13.0 Å². The number of hydrogen-bond donors (Lipinski definition) is 1. The Morgan fingerprint density at radius 2 is 1.90 bits per heavy atom. The van der Waals surface area contributed by atoms with E-state index in [0.29, 0.717) is 12.3 Å². The number of carbonyl (C=O) groups excluding carboxylic acids is 2. The normalized spacial score (nSPS) is 25.4. The molecule has 2 aliphatic rings. The smallest absolute Gasteiger partial charge is 0.265 e. The van der Waals surface area contributed by atoms with Crippen molar-refractivity contribution < 1.29 is 18.8 Å². The first-order chi connectivity index (χ1) is 14.6. The van der Waals surface area contributed by atoms with E-state index in [9.17, 15) is 9.59 Å². The van der Waals surface area contributed by atoms with Gasteiger partial charge in [-0.1, -0.05) is 63.8 Å². The Balaban J connectivity index is 1.76. The van der Waals surface area contributed by atoms with Gasteiger partial charge in [-0.3, -0.25) is 9.59 Å². The van der Waals surface area contributed by atoms with Crippen molar-refractivity contribution in [3.63, 3.8) is 0 Å². The maximum atomic E-state index is 13.7. The number of ether oxygens (including phenoxy) is 1. The van der Waals surface area contributed by atoms with Gasteiger partial charge in [-0.25, -0.2) is 0 Å². The van der Waals surface area contributed by atoms with Crippen LogP contribution in [0, 0.1) is 16.7 Å². The summed E-state index contributed by atoms with van der Waals surface area (Å²) in [5.41, 5.74) is 0.609. The summed E-state index contributed by atoms with van der Waals surface area (Å²) in [4.78, 5) is 26.7. The van der Waals surface area contributed by atoms with Crippen LogP contribution in [0.25, 0.3) is 0 Å². The van der Waals surface area contributed by atoms with Crippen molar-refractivity contribution in [2.45, 2.75) is 40.3 Å². The SMILES string of the molecule is C=C1C=CC(=O)C2(C)C(=O)c3c(OCc4ccccc4)noc3C(NCC(C)(C)C)C12. The predicted molar refractivity (Wildman–Crippen MR) is 117 cm³/mol. The summed E-state index contributed by atoms with van der Waals surface area (Å²) in [6.07, 6.45) is 3.14. The number of hydrogen-bond acceptors (Lipinski definition) is 6. The van der Waals surface area contributed by atoms with Gasteiger partial charge in [-0.15, -0.1) is 0 Å². The second-order valence-corrected chi connectivity index (χ2v) is 9.70. The van der Waals surface area contributed by atoms with Gasteiger partial charge in [0.1, 0.15) is 17.6 Å². The maximum Gasteiger partial charge on any atom is 0.265 e. The zero-order valence-corrected chi connectivity index (χ0v) is 18.4. The molecule has 1 N–H and O–H groups in total. The van der Waals surface area contributed by atoms with Crippen molar-refractivity contribution >= 4 is 11.6 Å². The Bertz CT molecular complexity index is 1060. The molecule has 31 heavy (non-hydrogen) atoms. The summed E-state index contributed by atoms with van der Waals surface area (Å²) < 4.78 is 11.5. The summed E-state index contributed by atoms with van der Waals surface area (Å²) in [7, 11) is 0. The van der Waals surface area contributed by atoms with Crippen LogP contribution in [-0.4, -0.2) is 23.3 Å². The third-order valence-electron chi connectivity index (χ3n) is 6.05. The standard InChI is InChI=1S/C25H28N2O4/c1-15-11-12-17(28)25(5)19(15)20(26-14-24(2,3)4)21-18(22(25)29)23(27-31-21)30-13-16-9-7-6-8-10-16/h6-12,19-20,26H,1,13-14H2,2-5H3. The zero-order valence-electron chi connectivity index (χ0n) is 18.4. The van der Waals surface area contributed by atoms with Crippen LogP contribution in [0.1, 0.15) is 55.4 Å². The van der Waals surface area contributed by atoms with E-state index < -0.39 is 17.4 Å². The fraction of sp³-hybridized carbons (Fsp3) is 0.400. The van der Waals surface area contributed by atoms with Crippen LogP contribution in [0.3, 0.4) is 0 Å². The molecule has 2 aromatic rings. The summed E-state index contributed by atoms with van der Waals surface area (Å²) >= 11 is 0. The van der Waals surface area contributed by atoms with Gasteiger partial charge in [0.05, 0.1) is 6.04 Å². The fourth-order valence-corrected chi connectivity index (χ4v) is 4.35. The number of nitrogens with one attached hydrogen (secondary N) is 1. The molecule has 0 saturated carbocycles. The lowest BCUT2D eigenvalue weighted by Gasteiger charge is -2.45. The van der Waals surface area contributed by atoms with Crippen LogP contribution >= 0.6 is 0 Å². The molecular weight excluding hydrogens is 392 g/mol. The molecule has 6 heteroatoms. The number of ketones is 2. The molecule has 0 fully saturated rings. The van der Waals surface area contributed by atoms with Crippen LogP contribution in [0.5, 0.6) is 5.88 Å². The zero-order chi connectivity index (χ0) is 22.4. The first kappa shape index (κ1) is 21.2. The Morgan fingerprint density at radius 3 is 2.58 bits per heavy atom. The lowest BCUT2D eigenvalue weighted by molar-refractivity contribution is -0.123. The molecule has 0 aliphatic heterocycles. The molecule has 0 bridgehead atoms. The van der Waals surface area contributed by atoms with E-state index in [0.717, 1.165) is 11.1 Å². The lowest BCUT2D eigenvalue weighted by atomic mass is 9.57. The number of allylic oxidation sites excluding steroid dienone is 2. The summed E-state index contributed by atoms with van der Waals surface area (Å²) in [5, 5.41) is 7.59. The van der Waals surface area contributed by atoms with E-state index in [1.165, 1.54) is 6.08 Å². The van der Waals surface area contributed by atoms with Crippen molar-refractivity contribution in [3.05, 3.63) is 71.5 Å². The molecule has 3 atom stereocenters. The van der Waals surface area contributed by atoms with Gasteiger partial charge >= 0.3 is 0 Å². The second kappa shape index (κ2) is 7.61. The Morgan fingerprint density at radius 1 is 1.19 bits per heavy atom. The number of rotatable bonds is 5. The molecule has 162 valence electrons. The minimum absolute atomic E-state index is 0.0134. The maximum absolute atomic E-state index is 13.7. The molecule has 6 nitrogen and oxygen atoms in total. The quantitative estimate of drug-likeness (QED) is 0.720. The summed E-state index contributed by atoms with van der Waals surface area (Å²) in [6, 6.07) is 9.20. The molecule has 4 rings (SSSR count). The van der Waals surface area contributed by atoms with Gasteiger partial charge in [0.15, 0.2) is 17.3 Å². The molecule has 0 radical (unpaired) electrons. The van der Waals surface area contributed by atoms with Crippen LogP contribution in [-0.2, 0) is 11.4 Å². The van der Waals surface area contributed by atoms with Gasteiger partial charge < -0.3 is 14.6 Å². The highest BCUT2D eigenvalue weighted by atomic mass is 16.5. The lowest BCUT2D eigenvalue weighted by Crippen LogP contribution is -2.54. The fourth-order valence-electron chi connectivity index (χ4n) is 4.35. The molecule has 0 spiro atoms. The predicted octanol–water partition coefficient (Wildman–Crippen LogP) is 4.44. The van der Waals surface area contributed by atoms with Gasteiger partial charge in [0.25, 0.3) is 5.88 Å². The Labute approximate surface area is 182 Å². The largest absolute Gasteiger partial charge is 0.470 e. The van der Waals surface area contributed by atoms with E-state index >= 15 is 0 Å². The van der Waals surface area contributed by atoms with Gasteiger partial charge in [0.2, 0.25) is 0 Å². The van der Waals surface area contributed by atoms with Crippen molar-refractivity contribution in [3.8, 4) is 5.88 Å². The minimum Gasteiger partial charge on any atom is -0.470 e. The molecule has 0 saturated heterocycles. The monoisotopic (exact) mass is 420 g/mol. The van der Waals surface area contributed by atoms with E-state index in [1.807, 2.05) is 30.3 Å². The average molecular weight is 421 g/mol. The second-order valence-electron chi connectivity index (χ2n) is 9.70. The molecule has 2 aliphatic carbocycles. The highest BCUT2D eigenvalue weighted by molar-refractivity contribution is 6.20. The molecule has 3 unspecified atom stereocenters. The highest BCUT2D eigenvalue weighted by Gasteiger charge is 2.59. The number of fused-ring (bicyclic) bond motifs is 2. The van der Waals surface area contributed by atoms with Crippen LogP contribution in [0.4, 0.5) is 0 Å². The topological polar surface area (TPSA) is 81.4 Å². The summed E-state index contributed by atoms with van der Waals surface area (Å²) in [6.45, 7) is 13.1. The van der Waals surface area contributed by atoms with Crippen molar-refractivity contribution in [2.24, 2.45) is 16.7 Å². The molecular formula is C25H28N2O4. The first-order valence-electron chi connectivity index (χ1n) is 10.5. The van der Waals surface area contributed by atoms with Crippen LogP contribution in [0.15, 0.2) is 59.2 Å². The van der Waals surface area contributed by atoms with Gasteiger partial charge in [-0.2, -0.15) is 0 Å². The van der Waals surface area contributed by atoms with Crippen LogP contribution < -0.4 is 10.1 Å². The van der Waals surface area contributed by atoms with E-state index in [4.69, 9.17) is 9.26 Å². The molecule has 1 aromatic carbocycles. The number of nitrogens with zero attached hydrogens (tertiary/aromatic N) is 1. The molecule has 1 aromatic heterocycles. The van der Waals surface area contributed by atoms with Gasteiger partial charge in [0, 0.05) is 12.5 Å². The van der Waals surface area contributed by atoms with Crippen LogP contribution in [0.2, 0.25) is 0 Å². The minimum atomic E-state index is -1.29. The number of benzene rings is 1. The van der Waals surface area contributed by atoms with E-state index in [-0.39, 0.29) is 35.0 Å². The van der Waals surface area contributed by atoms with Crippen molar-refractivity contribution in [2.75, 3.05) is 6.54 Å².